The molecule has 0 saturated heterocycles. The number of nitrogens with two attached hydrogens (primary N) is 1. The Bertz CT molecular complexity index is 775. The third-order valence-electron chi connectivity index (χ3n) is 3.35. The fraction of sp³-hybridized carbons (Fsp3) is 0.0625. The lowest BCUT2D eigenvalue weighted by atomic mass is 10.1. The van der Waals surface area contributed by atoms with Gasteiger partial charge in [0.2, 0.25) is 0 Å². The Labute approximate surface area is 121 Å². The second-order valence-electron chi connectivity index (χ2n) is 4.67. The molecule has 0 spiro atoms. The highest BCUT2D eigenvalue weighted by molar-refractivity contribution is 7.80. The van der Waals surface area contributed by atoms with E-state index in [0.717, 1.165) is 22.0 Å². The molecule has 3 aromatic rings. The van der Waals surface area contributed by atoms with Crippen molar-refractivity contribution in [3.8, 4) is 0 Å². The maximum absolute atomic E-state index is 12.9. The summed E-state index contributed by atoms with van der Waals surface area (Å²) in [4.78, 5) is 0.398. The van der Waals surface area contributed by atoms with Gasteiger partial charge in [0.15, 0.2) is 0 Å². The molecular formula is C16H13FN2S. The van der Waals surface area contributed by atoms with Crippen molar-refractivity contribution in [1.29, 1.82) is 0 Å². The highest BCUT2D eigenvalue weighted by Gasteiger charge is 2.07. The zero-order chi connectivity index (χ0) is 14.1. The molecule has 1 heterocycles. The van der Waals surface area contributed by atoms with Gasteiger partial charge in [-0.3, -0.25) is 0 Å². The van der Waals surface area contributed by atoms with E-state index in [2.05, 4.69) is 4.57 Å². The summed E-state index contributed by atoms with van der Waals surface area (Å²) in [6, 6.07) is 14.4. The first kappa shape index (κ1) is 12.8. The third kappa shape index (κ3) is 2.30. The van der Waals surface area contributed by atoms with Crippen LogP contribution >= 0.6 is 12.2 Å². The molecule has 3 rings (SSSR count). The standard InChI is InChI=1S/C16H13FN2S/c17-12-6-4-11(5-7-12)10-19-9-8-13-14(16(18)20)2-1-3-15(13)19/h1-9H,10H2,(H2,18,20). The van der Waals surface area contributed by atoms with Crippen molar-refractivity contribution in [2.24, 2.45) is 5.73 Å². The number of hydrogen-bond acceptors (Lipinski definition) is 1. The molecule has 0 saturated carbocycles. The van der Waals surface area contributed by atoms with E-state index in [1.807, 2.05) is 30.5 Å². The first-order valence-corrected chi connectivity index (χ1v) is 6.68. The minimum atomic E-state index is -0.220. The molecule has 0 aliphatic rings. The number of rotatable bonds is 3. The largest absolute Gasteiger partial charge is 0.389 e. The summed E-state index contributed by atoms with van der Waals surface area (Å²) in [5.41, 5.74) is 8.74. The monoisotopic (exact) mass is 284 g/mol. The van der Waals surface area contributed by atoms with E-state index in [1.165, 1.54) is 12.1 Å². The van der Waals surface area contributed by atoms with Gasteiger partial charge in [-0.1, -0.05) is 36.5 Å². The number of aromatic nitrogens is 1. The number of fused-ring (bicyclic) bond motifs is 1. The maximum atomic E-state index is 12.9. The van der Waals surface area contributed by atoms with Gasteiger partial charge >= 0.3 is 0 Å². The van der Waals surface area contributed by atoms with E-state index in [1.54, 1.807) is 12.1 Å². The van der Waals surface area contributed by atoms with Crippen LogP contribution < -0.4 is 5.73 Å². The van der Waals surface area contributed by atoms with Crippen LogP contribution in [0, 0.1) is 5.82 Å². The predicted octanol–water partition coefficient (Wildman–Crippen LogP) is 3.46. The van der Waals surface area contributed by atoms with Gasteiger partial charge in [0, 0.05) is 29.2 Å². The molecule has 0 amide bonds. The SMILES string of the molecule is NC(=S)c1cccc2c1ccn2Cc1ccc(F)cc1. The Morgan fingerprint density at radius 2 is 1.85 bits per heavy atom. The molecular weight excluding hydrogens is 271 g/mol. The highest BCUT2D eigenvalue weighted by Crippen LogP contribution is 2.21. The quantitative estimate of drug-likeness (QED) is 0.747. The molecule has 0 aliphatic carbocycles. The fourth-order valence-corrected chi connectivity index (χ4v) is 2.54. The molecule has 0 radical (unpaired) electrons. The minimum absolute atomic E-state index is 0.220. The summed E-state index contributed by atoms with van der Waals surface area (Å²) in [5.74, 6) is -0.220. The van der Waals surface area contributed by atoms with Gasteiger partial charge < -0.3 is 10.3 Å². The van der Waals surface area contributed by atoms with Crippen LogP contribution in [0.3, 0.4) is 0 Å². The summed E-state index contributed by atoms with van der Waals surface area (Å²) >= 11 is 5.07. The van der Waals surface area contributed by atoms with Crippen LogP contribution in [-0.4, -0.2) is 9.56 Å². The van der Waals surface area contributed by atoms with E-state index in [4.69, 9.17) is 18.0 Å². The third-order valence-corrected chi connectivity index (χ3v) is 3.57. The number of thiocarbonyl (C=S) groups is 1. The summed E-state index contributed by atoms with van der Waals surface area (Å²) in [6.45, 7) is 0.685. The average molecular weight is 284 g/mol. The maximum Gasteiger partial charge on any atom is 0.123 e. The second-order valence-corrected chi connectivity index (χ2v) is 5.11. The molecule has 0 aliphatic heterocycles. The normalized spacial score (nSPS) is 10.8. The molecule has 0 bridgehead atoms. The Morgan fingerprint density at radius 3 is 2.55 bits per heavy atom. The topological polar surface area (TPSA) is 30.9 Å². The Balaban J connectivity index is 2.03. The zero-order valence-corrected chi connectivity index (χ0v) is 11.5. The lowest BCUT2D eigenvalue weighted by Crippen LogP contribution is -2.09. The lowest BCUT2D eigenvalue weighted by Gasteiger charge is -2.07. The summed E-state index contributed by atoms with van der Waals surface area (Å²) in [7, 11) is 0. The van der Waals surface area contributed by atoms with Gasteiger partial charge in [-0.05, 0) is 29.8 Å². The smallest absolute Gasteiger partial charge is 0.123 e. The van der Waals surface area contributed by atoms with Crippen LogP contribution in [-0.2, 0) is 6.54 Å². The molecule has 2 aromatic carbocycles. The minimum Gasteiger partial charge on any atom is -0.389 e. The van der Waals surface area contributed by atoms with Crippen LogP contribution in [0.25, 0.3) is 10.9 Å². The molecule has 2 nitrogen and oxygen atoms in total. The van der Waals surface area contributed by atoms with Crippen molar-refractivity contribution >= 4 is 28.1 Å². The molecule has 0 atom stereocenters. The molecule has 0 fully saturated rings. The van der Waals surface area contributed by atoms with Crippen LogP contribution in [0.5, 0.6) is 0 Å². The molecule has 4 heteroatoms. The highest BCUT2D eigenvalue weighted by atomic mass is 32.1. The summed E-state index contributed by atoms with van der Waals surface area (Å²) in [5, 5.41) is 1.04. The van der Waals surface area contributed by atoms with Gasteiger partial charge in [-0.2, -0.15) is 0 Å². The van der Waals surface area contributed by atoms with Crippen molar-refractivity contribution in [3.05, 3.63) is 71.7 Å². The zero-order valence-electron chi connectivity index (χ0n) is 10.7. The summed E-state index contributed by atoms with van der Waals surface area (Å²) in [6.07, 6.45) is 2.00. The van der Waals surface area contributed by atoms with E-state index < -0.39 is 0 Å². The van der Waals surface area contributed by atoms with E-state index in [9.17, 15) is 4.39 Å². The van der Waals surface area contributed by atoms with E-state index >= 15 is 0 Å². The van der Waals surface area contributed by atoms with Crippen LogP contribution in [0.1, 0.15) is 11.1 Å². The van der Waals surface area contributed by atoms with Gasteiger partial charge in [-0.15, -0.1) is 0 Å². The first-order valence-electron chi connectivity index (χ1n) is 6.27. The Morgan fingerprint density at radius 1 is 1.10 bits per heavy atom. The number of nitrogens with zero attached hydrogens (tertiary/aromatic N) is 1. The van der Waals surface area contributed by atoms with Gasteiger partial charge in [-0.25, -0.2) is 4.39 Å². The molecule has 100 valence electrons. The van der Waals surface area contributed by atoms with Crippen LogP contribution in [0.15, 0.2) is 54.7 Å². The predicted molar refractivity (Wildman–Crippen MR) is 83.3 cm³/mol. The van der Waals surface area contributed by atoms with Crippen molar-refractivity contribution in [3.63, 3.8) is 0 Å². The molecule has 1 aromatic heterocycles. The molecule has 2 N–H and O–H groups in total. The van der Waals surface area contributed by atoms with Crippen molar-refractivity contribution in [2.45, 2.75) is 6.54 Å². The van der Waals surface area contributed by atoms with Gasteiger partial charge in [0.25, 0.3) is 0 Å². The lowest BCUT2D eigenvalue weighted by molar-refractivity contribution is 0.626. The van der Waals surface area contributed by atoms with E-state index in [-0.39, 0.29) is 5.82 Å². The number of benzene rings is 2. The molecule has 0 unspecified atom stereocenters. The van der Waals surface area contributed by atoms with Crippen molar-refractivity contribution in [1.82, 2.24) is 4.57 Å². The average Bonchev–Trinajstić information content (AvgIpc) is 2.84. The van der Waals surface area contributed by atoms with Gasteiger partial charge in [0.05, 0.1) is 0 Å². The van der Waals surface area contributed by atoms with Crippen molar-refractivity contribution in [2.75, 3.05) is 0 Å². The van der Waals surface area contributed by atoms with Crippen LogP contribution in [0.4, 0.5) is 4.39 Å². The fourth-order valence-electron chi connectivity index (χ4n) is 2.36. The molecule has 20 heavy (non-hydrogen) atoms. The number of halogens is 1. The van der Waals surface area contributed by atoms with Crippen LogP contribution in [0.2, 0.25) is 0 Å². The second kappa shape index (κ2) is 5.06. The summed E-state index contributed by atoms with van der Waals surface area (Å²) < 4.78 is 15.0. The Hall–Kier alpha value is -2.20. The van der Waals surface area contributed by atoms with Gasteiger partial charge in [0.1, 0.15) is 10.8 Å². The van der Waals surface area contributed by atoms with E-state index in [0.29, 0.717) is 11.5 Å². The first-order chi connectivity index (χ1) is 9.65. The van der Waals surface area contributed by atoms with Crippen molar-refractivity contribution < 1.29 is 4.39 Å². The Kier molecular flexibility index (Phi) is 3.24. The number of hydrogen-bond donors (Lipinski definition) is 1.